The van der Waals surface area contributed by atoms with E-state index in [-0.39, 0.29) is 0 Å². The van der Waals surface area contributed by atoms with Crippen LogP contribution in [0.25, 0.3) is 11.3 Å². The molecule has 1 N–H and O–H groups in total. The molecule has 2 aliphatic heterocycles. The molecule has 0 spiro atoms. The van der Waals surface area contributed by atoms with Gasteiger partial charge in [-0.2, -0.15) is 0 Å². The molecule has 0 unspecified atom stereocenters. The summed E-state index contributed by atoms with van der Waals surface area (Å²) in [6, 6.07) is 6.36. The van der Waals surface area contributed by atoms with Gasteiger partial charge in [-0.1, -0.05) is 0 Å². The van der Waals surface area contributed by atoms with E-state index in [1.54, 1.807) is 6.33 Å². The van der Waals surface area contributed by atoms with Crippen molar-refractivity contribution in [2.45, 2.75) is 19.4 Å². The molecule has 0 fully saturated rings. The summed E-state index contributed by atoms with van der Waals surface area (Å²) in [4.78, 5) is 8.90. The summed E-state index contributed by atoms with van der Waals surface area (Å²) in [6.07, 6.45) is 3.66. The van der Waals surface area contributed by atoms with Crippen LogP contribution < -0.4 is 10.1 Å². The van der Waals surface area contributed by atoms with Crippen molar-refractivity contribution in [2.75, 3.05) is 13.2 Å². The molecule has 0 amide bonds. The average molecular weight is 253 g/mol. The first kappa shape index (κ1) is 10.9. The van der Waals surface area contributed by atoms with Crippen molar-refractivity contribution < 1.29 is 4.74 Å². The summed E-state index contributed by atoms with van der Waals surface area (Å²) >= 11 is 0. The fourth-order valence-corrected chi connectivity index (χ4v) is 2.85. The smallest absolute Gasteiger partial charge is 0.122 e. The van der Waals surface area contributed by atoms with Gasteiger partial charge >= 0.3 is 0 Å². The summed E-state index contributed by atoms with van der Waals surface area (Å²) in [5.41, 5.74) is 5.94. The molecule has 0 atom stereocenters. The van der Waals surface area contributed by atoms with Gasteiger partial charge in [-0.05, 0) is 23.8 Å². The molecule has 0 bridgehead atoms. The highest BCUT2D eigenvalue weighted by Gasteiger charge is 2.18. The predicted molar refractivity (Wildman–Crippen MR) is 72.1 cm³/mol. The van der Waals surface area contributed by atoms with Crippen molar-refractivity contribution >= 4 is 0 Å². The number of aromatic nitrogens is 2. The highest BCUT2D eigenvalue weighted by atomic mass is 16.5. The number of ether oxygens (including phenoxy) is 1. The molecule has 1 aromatic carbocycles. The third-order valence-electron chi connectivity index (χ3n) is 3.84. The molecular weight excluding hydrogens is 238 g/mol. The van der Waals surface area contributed by atoms with Crippen LogP contribution in [0.1, 0.15) is 16.8 Å². The Labute approximate surface area is 111 Å². The minimum Gasteiger partial charge on any atom is -0.493 e. The van der Waals surface area contributed by atoms with Gasteiger partial charge in [-0.15, -0.1) is 0 Å². The van der Waals surface area contributed by atoms with Crippen molar-refractivity contribution in [3.05, 3.63) is 41.3 Å². The number of hydrogen-bond acceptors (Lipinski definition) is 4. The van der Waals surface area contributed by atoms with E-state index in [1.807, 2.05) is 0 Å². The fourth-order valence-electron chi connectivity index (χ4n) is 2.85. The van der Waals surface area contributed by atoms with Gasteiger partial charge in [0.1, 0.15) is 12.1 Å². The summed E-state index contributed by atoms with van der Waals surface area (Å²) in [6.45, 7) is 2.66. The number of nitrogens with one attached hydrogen (secondary N) is 1. The van der Waals surface area contributed by atoms with Crippen LogP contribution in [-0.2, 0) is 19.4 Å². The van der Waals surface area contributed by atoms with Crippen molar-refractivity contribution in [3.8, 4) is 17.0 Å². The zero-order chi connectivity index (χ0) is 12.7. The summed E-state index contributed by atoms with van der Waals surface area (Å²) in [5, 5.41) is 3.40. The van der Waals surface area contributed by atoms with Crippen LogP contribution in [0.15, 0.2) is 24.5 Å². The van der Waals surface area contributed by atoms with E-state index < -0.39 is 0 Å². The van der Waals surface area contributed by atoms with E-state index in [0.29, 0.717) is 0 Å². The monoisotopic (exact) mass is 253 g/mol. The molecule has 0 saturated heterocycles. The van der Waals surface area contributed by atoms with Gasteiger partial charge in [-0.25, -0.2) is 9.97 Å². The second-order valence-electron chi connectivity index (χ2n) is 5.00. The Morgan fingerprint density at radius 3 is 3.16 bits per heavy atom. The van der Waals surface area contributed by atoms with Crippen LogP contribution in [0.3, 0.4) is 0 Å². The van der Waals surface area contributed by atoms with Gasteiger partial charge < -0.3 is 10.1 Å². The average Bonchev–Trinajstić information content (AvgIpc) is 2.94. The molecule has 0 saturated carbocycles. The first-order chi connectivity index (χ1) is 9.42. The Hall–Kier alpha value is -1.94. The van der Waals surface area contributed by atoms with Crippen LogP contribution >= 0.6 is 0 Å². The first-order valence-electron chi connectivity index (χ1n) is 6.71. The summed E-state index contributed by atoms with van der Waals surface area (Å²) in [5.74, 6) is 1.02. The molecule has 0 aliphatic carbocycles. The van der Waals surface area contributed by atoms with E-state index in [2.05, 4.69) is 33.5 Å². The molecule has 4 rings (SSSR count). The molecule has 2 aromatic rings. The summed E-state index contributed by atoms with van der Waals surface area (Å²) < 4.78 is 5.56. The van der Waals surface area contributed by atoms with Crippen LogP contribution in [-0.4, -0.2) is 23.1 Å². The van der Waals surface area contributed by atoms with E-state index >= 15 is 0 Å². The fraction of sp³-hybridized carbons (Fsp3) is 0.333. The maximum Gasteiger partial charge on any atom is 0.122 e. The van der Waals surface area contributed by atoms with Crippen molar-refractivity contribution in [2.24, 2.45) is 0 Å². The van der Waals surface area contributed by atoms with Gasteiger partial charge in [0.2, 0.25) is 0 Å². The van der Waals surface area contributed by atoms with Gasteiger partial charge in [0.05, 0.1) is 18.0 Å². The van der Waals surface area contributed by atoms with Gasteiger partial charge in [0, 0.05) is 37.1 Å². The number of benzene rings is 1. The SMILES string of the molecule is c1nc2c(c(-c3ccc4c(c3)CCO4)n1)CNCC2. The largest absolute Gasteiger partial charge is 0.493 e. The zero-order valence-corrected chi connectivity index (χ0v) is 10.6. The van der Waals surface area contributed by atoms with Gasteiger partial charge in [-0.3, -0.25) is 0 Å². The molecule has 1 aromatic heterocycles. The van der Waals surface area contributed by atoms with Crippen molar-refractivity contribution in [3.63, 3.8) is 0 Å². The Balaban J connectivity index is 1.84. The molecule has 2 aliphatic rings. The number of nitrogens with zero attached hydrogens (tertiary/aromatic N) is 2. The lowest BCUT2D eigenvalue weighted by Crippen LogP contribution is -2.25. The summed E-state index contributed by atoms with van der Waals surface area (Å²) in [7, 11) is 0. The number of rotatable bonds is 1. The Kier molecular flexibility index (Phi) is 2.48. The van der Waals surface area contributed by atoms with Crippen molar-refractivity contribution in [1.29, 1.82) is 0 Å². The van der Waals surface area contributed by atoms with Gasteiger partial charge in [0.25, 0.3) is 0 Å². The lowest BCUT2D eigenvalue weighted by molar-refractivity contribution is 0.357. The van der Waals surface area contributed by atoms with Crippen LogP contribution in [0.2, 0.25) is 0 Å². The molecule has 4 nitrogen and oxygen atoms in total. The molecule has 0 radical (unpaired) electrons. The maximum atomic E-state index is 5.56. The standard InChI is InChI=1S/C15H15N3O/c1-2-14-10(4-6-19-14)7-11(1)15-12-8-16-5-3-13(12)17-9-18-15/h1-2,7,9,16H,3-6,8H2. The highest BCUT2D eigenvalue weighted by molar-refractivity contribution is 5.66. The highest BCUT2D eigenvalue weighted by Crippen LogP contribution is 2.31. The van der Waals surface area contributed by atoms with E-state index in [9.17, 15) is 0 Å². The minimum atomic E-state index is 0.794. The normalized spacial score (nSPS) is 16.6. The Bertz CT molecular complexity index is 639. The molecular formula is C15H15N3O. The topological polar surface area (TPSA) is 47.0 Å². The van der Waals surface area contributed by atoms with Crippen LogP contribution in [0.5, 0.6) is 5.75 Å². The van der Waals surface area contributed by atoms with Gasteiger partial charge in [0.15, 0.2) is 0 Å². The van der Waals surface area contributed by atoms with Crippen LogP contribution in [0, 0.1) is 0 Å². The van der Waals surface area contributed by atoms with E-state index in [4.69, 9.17) is 4.74 Å². The van der Waals surface area contributed by atoms with E-state index in [1.165, 1.54) is 22.4 Å². The van der Waals surface area contributed by atoms with Crippen LogP contribution in [0.4, 0.5) is 0 Å². The lowest BCUT2D eigenvalue weighted by Gasteiger charge is -2.18. The zero-order valence-electron chi connectivity index (χ0n) is 10.6. The Morgan fingerprint density at radius 1 is 1.16 bits per heavy atom. The molecule has 19 heavy (non-hydrogen) atoms. The van der Waals surface area contributed by atoms with E-state index in [0.717, 1.165) is 44.0 Å². The maximum absolute atomic E-state index is 5.56. The van der Waals surface area contributed by atoms with Crippen molar-refractivity contribution in [1.82, 2.24) is 15.3 Å². The second-order valence-corrected chi connectivity index (χ2v) is 5.00. The molecule has 96 valence electrons. The lowest BCUT2D eigenvalue weighted by atomic mass is 9.99. The predicted octanol–water partition coefficient (Wildman–Crippen LogP) is 1.72. The number of hydrogen-bond donors (Lipinski definition) is 1. The molecule has 3 heterocycles. The first-order valence-corrected chi connectivity index (χ1v) is 6.71. The second kappa shape index (κ2) is 4.31. The number of fused-ring (bicyclic) bond motifs is 2. The molecule has 4 heteroatoms. The third kappa shape index (κ3) is 1.79. The minimum absolute atomic E-state index is 0.794. The quantitative estimate of drug-likeness (QED) is 0.840. The third-order valence-corrected chi connectivity index (χ3v) is 3.84. The Morgan fingerprint density at radius 2 is 2.16 bits per heavy atom.